The Kier molecular flexibility index (Phi) is 8.65. The Labute approximate surface area is 219 Å². The summed E-state index contributed by atoms with van der Waals surface area (Å²) in [4.78, 5) is 16.7. The largest absolute Gasteiger partial charge is 0.381 e. The van der Waals surface area contributed by atoms with Gasteiger partial charge in [0, 0.05) is 34.2 Å². The second-order valence-corrected chi connectivity index (χ2v) is 10.00. The van der Waals surface area contributed by atoms with Crippen LogP contribution in [0.5, 0.6) is 0 Å². The lowest BCUT2D eigenvalue weighted by molar-refractivity contribution is 0.133. The van der Waals surface area contributed by atoms with Crippen LogP contribution in [-0.4, -0.2) is 33.1 Å². The molecule has 192 valence electrons. The second-order valence-electron chi connectivity index (χ2n) is 10.00. The van der Waals surface area contributed by atoms with Crippen molar-refractivity contribution in [3.63, 3.8) is 0 Å². The van der Waals surface area contributed by atoms with Crippen LogP contribution in [0, 0.1) is 0 Å². The lowest BCUT2D eigenvalue weighted by Crippen LogP contribution is -2.02. The summed E-state index contributed by atoms with van der Waals surface area (Å²) in [5.74, 6) is 0. The van der Waals surface area contributed by atoms with E-state index in [0.717, 1.165) is 64.3 Å². The molecule has 0 atom stereocenters. The normalized spacial score (nSPS) is 12.5. The molecule has 5 heterocycles. The minimum absolute atomic E-state index is 0.694. The van der Waals surface area contributed by atoms with Crippen molar-refractivity contribution in [1.29, 1.82) is 0 Å². The van der Waals surface area contributed by atoms with Crippen LogP contribution in [0.15, 0.2) is 42.5 Å². The average molecular weight is 495 g/mol. The Morgan fingerprint density at radius 3 is 1.95 bits per heavy atom. The number of unbranched alkanes of at least 4 members (excludes halogenated alkanes) is 7. The maximum atomic E-state index is 6.06. The zero-order valence-electron chi connectivity index (χ0n) is 21.9. The first kappa shape index (κ1) is 25.2. The Morgan fingerprint density at radius 1 is 0.622 bits per heavy atom. The van der Waals surface area contributed by atoms with Crippen molar-refractivity contribution in [3.8, 4) is 0 Å². The van der Waals surface area contributed by atoms with Gasteiger partial charge in [0.05, 0.1) is 29.4 Å². The lowest BCUT2D eigenvalue weighted by Gasteiger charge is -2.06. The number of hydrogen-bond donors (Lipinski definition) is 2. The lowest BCUT2D eigenvalue weighted by atomic mass is 10.1. The van der Waals surface area contributed by atoms with E-state index in [0.29, 0.717) is 6.61 Å². The standard InChI is InChI=1S/C32H38N4O/c1-2-3-4-5-6-7-8-9-19-37-20-18-30-31-16-14-28(35-31)22-26-12-10-24(33-26)21-25-11-13-27(34-25)23-29-15-17-32(30)36-29/h10-17,21-23,33,36H,2-9,18-20H2,1H3. The van der Waals surface area contributed by atoms with Crippen molar-refractivity contribution in [3.05, 3.63) is 70.8 Å². The molecule has 0 aliphatic carbocycles. The SMILES string of the molecule is CCCCCCCCCCOCCc1c2nc(cc3ccc(cc4nc(cc5ccc1[nH]5)C=C4)[nH]3)C=C2. The average Bonchev–Trinajstić information content (AvgIpc) is 3.70. The number of fused-ring (bicyclic) bond motifs is 8. The molecule has 37 heavy (non-hydrogen) atoms. The van der Waals surface area contributed by atoms with Gasteiger partial charge >= 0.3 is 0 Å². The van der Waals surface area contributed by atoms with Crippen molar-refractivity contribution in [1.82, 2.24) is 19.9 Å². The molecule has 5 heteroatoms. The highest BCUT2D eigenvalue weighted by Crippen LogP contribution is 2.22. The maximum Gasteiger partial charge on any atom is 0.0691 e. The van der Waals surface area contributed by atoms with E-state index in [4.69, 9.17) is 14.7 Å². The van der Waals surface area contributed by atoms with Crippen molar-refractivity contribution >= 4 is 46.4 Å². The molecule has 0 aromatic carbocycles. The molecule has 0 saturated heterocycles. The molecular weight excluding hydrogens is 456 g/mol. The third-order valence-corrected chi connectivity index (χ3v) is 6.97. The van der Waals surface area contributed by atoms with Gasteiger partial charge in [0.25, 0.3) is 0 Å². The van der Waals surface area contributed by atoms with E-state index in [1.165, 1.54) is 50.5 Å². The second kappa shape index (κ2) is 12.7. The van der Waals surface area contributed by atoms with Crippen LogP contribution in [-0.2, 0) is 11.2 Å². The van der Waals surface area contributed by atoms with Crippen molar-refractivity contribution in [2.75, 3.05) is 13.2 Å². The minimum Gasteiger partial charge on any atom is -0.381 e. The molecule has 2 N–H and O–H groups in total. The van der Waals surface area contributed by atoms with Crippen LogP contribution in [0.2, 0.25) is 0 Å². The molecule has 3 aromatic rings. The minimum atomic E-state index is 0.694. The predicted octanol–water partition coefficient (Wildman–Crippen LogP) is 8.36. The molecule has 2 aliphatic rings. The zero-order chi connectivity index (χ0) is 25.3. The van der Waals surface area contributed by atoms with E-state index in [-0.39, 0.29) is 0 Å². The Balaban J connectivity index is 1.33. The van der Waals surface area contributed by atoms with Gasteiger partial charge < -0.3 is 14.7 Å². The summed E-state index contributed by atoms with van der Waals surface area (Å²) in [5, 5.41) is 0. The third kappa shape index (κ3) is 7.07. The molecule has 3 aromatic heterocycles. The van der Waals surface area contributed by atoms with Gasteiger partial charge in [0.1, 0.15) is 0 Å². The molecule has 0 saturated carbocycles. The maximum absolute atomic E-state index is 6.06. The third-order valence-electron chi connectivity index (χ3n) is 6.97. The molecule has 2 aliphatic heterocycles. The summed E-state index contributed by atoms with van der Waals surface area (Å²) in [6, 6.07) is 14.6. The Bertz CT molecular complexity index is 1410. The summed E-state index contributed by atoms with van der Waals surface area (Å²) < 4.78 is 6.06. The van der Waals surface area contributed by atoms with E-state index >= 15 is 0 Å². The highest BCUT2D eigenvalue weighted by atomic mass is 16.5. The zero-order valence-corrected chi connectivity index (χ0v) is 21.9. The highest BCUT2D eigenvalue weighted by molar-refractivity contribution is 5.79. The number of rotatable bonds is 12. The first-order valence-electron chi connectivity index (χ1n) is 13.9. The van der Waals surface area contributed by atoms with Gasteiger partial charge in [-0.1, -0.05) is 51.9 Å². The number of nitrogens with one attached hydrogen (secondary N) is 2. The van der Waals surface area contributed by atoms with E-state index in [2.05, 4.69) is 77.6 Å². The monoisotopic (exact) mass is 494 g/mol. The number of ether oxygens (including phenoxy) is 1. The first-order valence-corrected chi connectivity index (χ1v) is 13.9. The molecule has 0 amide bonds. The summed E-state index contributed by atoms with van der Waals surface area (Å²) in [6.07, 6.45) is 19.6. The highest BCUT2D eigenvalue weighted by Gasteiger charge is 2.09. The van der Waals surface area contributed by atoms with Crippen LogP contribution >= 0.6 is 0 Å². The van der Waals surface area contributed by atoms with Gasteiger partial charge in [-0.05, 0) is 79.6 Å². The van der Waals surface area contributed by atoms with E-state index in [1.807, 2.05) is 6.08 Å². The van der Waals surface area contributed by atoms with Gasteiger partial charge in [-0.25, -0.2) is 9.97 Å². The number of H-pyrrole nitrogens is 2. The van der Waals surface area contributed by atoms with E-state index < -0.39 is 0 Å². The van der Waals surface area contributed by atoms with Crippen molar-refractivity contribution in [2.24, 2.45) is 0 Å². The molecular formula is C32H38N4O. The molecule has 0 fully saturated rings. The quantitative estimate of drug-likeness (QED) is 0.171. The van der Waals surface area contributed by atoms with Gasteiger partial charge in [0.15, 0.2) is 0 Å². The van der Waals surface area contributed by atoms with Crippen LogP contribution in [0.3, 0.4) is 0 Å². The molecule has 5 nitrogen and oxygen atoms in total. The van der Waals surface area contributed by atoms with Gasteiger partial charge in [-0.15, -0.1) is 0 Å². The fourth-order valence-corrected chi connectivity index (χ4v) is 4.94. The van der Waals surface area contributed by atoms with E-state index in [1.54, 1.807) is 0 Å². The number of aromatic amines is 2. The number of aromatic nitrogens is 4. The molecule has 0 unspecified atom stereocenters. The summed E-state index contributed by atoms with van der Waals surface area (Å²) in [6.45, 7) is 3.79. The molecule has 5 rings (SSSR count). The van der Waals surface area contributed by atoms with Gasteiger partial charge in [0.2, 0.25) is 0 Å². The Hall–Kier alpha value is -3.44. The first-order chi connectivity index (χ1) is 18.3. The summed E-state index contributed by atoms with van der Waals surface area (Å²) in [5.41, 5.74) is 9.16. The van der Waals surface area contributed by atoms with Crippen molar-refractivity contribution in [2.45, 2.75) is 64.7 Å². The molecule has 0 radical (unpaired) electrons. The molecule has 8 bridgehead atoms. The summed E-state index contributed by atoms with van der Waals surface area (Å²) in [7, 11) is 0. The molecule has 0 spiro atoms. The van der Waals surface area contributed by atoms with Crippen LogP contribution < -0.4 is 0 Å². The topological polar surface area (TPSA) is 66.6 Å². The van der Waals surface area contributed by atoms with Gasteiger partial charge in [-0.3, -0.25) is 0 Å². The van der Waals surface area contributed by atoms with Crippen LogP contribution in [0.1, 0.15) is 86.6 Å². The predicted molar refractivity (Wildman–Crippen MR) is 156 cm³/mol. The fraction of sp³-hybridized carbons (Fsp3) is 0.375. The number of nitrogens with zero attached hydrogens (tertiary/aromatic N) is 2. The smallest absolute Gasteiger partial charge is 0.0691 e. The van der Waals surface area contributed by atoms with Crippen LogP contribution in [0.25, 0.3) is 46.4 Å². The Morgan fingerprint density at radius 2 is 1.22 bits per heavy atom. The van der Waals surface area contributed by atoms with E-state index in [9.17, 15) is 0 Å². The fourth-order valence-electron chi connectivity index (χ4n) is 4.94. The summed E-state index contributed by atoms with van der Waals surface area (Å²) >= 11 is 0. The van der Waals surface area contributed by atoms with Crippen LogP contribution in [0.4, 0.5) is 0 Å². The van der Waals surface area contributed by atoms with Gasteiger partial charge in [-0.2, -0.15) is 0 Å². The van der Waals surface area contributed by atoms with Crippen molar-refractivity contribution < 1.29 is 4.74 Å². The number of hydrogen-bond acceptors (Lipinski definition) is 3.